The van der Waals surface area contributed by atoms with Crippen molar-refractivity contribution in [2.24, 2.45) is 4.99 Å². The molecule has 3 unspecified atom stereocenters. The van der Waals surface area contributed by atoms with Crippen LogP contribution in [0, 0.1) is 5.82 Å². The van der Waals surface area contributed by atoms with E-state index in [-0.39, 0.29) is 48.0 Å². The Morgan fingerprint density at radius 3 is 2.61 bits per heavy atom. The molecule has 2 aliphatic rings. The average Bonchev–Trinajstić information content (AvgIpc) is 3.25. The molecule has 3 atom stereocenters. The molecule has 0 saturated carbocycles. The zero-order valence-corrected chi connectivity index (χ0v) is 21.7. The summed E-state index contributed by atoms with van der Waals surface area (Å²) in [5.41, 5.74) is 1.08. The Labute approximate surface area is 212 Å². The van der Waals surface area contributed by atoms with E-state index in [2.05, 4.69) is 56.5 Å². The number of rotatable bonds is 5. The number of anilines is 2. The summed E-state index contributed by atoms with van der Waals surface area (Å²) in [6.45, 7) is 7.95. The highest BCUT2D eigenvalue weighted by Crippen LogP contribution is 2.21. The summed E-state index contributed by atoms with van der Waals surface area (Å²) in [4.78, 5) is 17.4. The van der Waals surface area contributed by atoms with Crippen LogP contribution in [0.4, 0.5) is 16.0 Å². The fourth-order valence-electron chi connectivity index (χ4n) is 4.33. The van der Waals surface area contributed by atoms with E-state index in [4.69, 9.17) is 4.74 Å². The third-order valence-electron chi connectivity index (χ3n) is 5.80. The van der Waals surface area contributed by atoms with Gasteiger partial charge in [0.1, 0.15) is 5.82 Å². The van der Waals surface area contributed by atoms with Gasteiger partial charge in [0.15, 0.2) is 17.6 Å². The Bertz CT molecular complexity index is 919. The summed E-state index contributed by atoms with van der Waals surface area (Å²) in [7, 11) is 1.75. The summed E-state index contributed by atoms with van der Waals surface area (Å²) in [6.07, 6.45) is 4.83. The molecule has 0 radical (unpaired) electrons. The molecule has 2 fully saturated rings. The molecule has 8 nitrogen and oxygen atoms in total. The molecule has 4 heterocycles. The lowest BCUT2D eigenvalue weighted by molar-refractivity contribution is -0.00545. The highest BCUT2D eigenvalue weighted by molar-refractivity contribution is 14.0. The molecular formula is C23H33FIN7O. The number of morpholine rings is 1. The van der Waals surface area contributed by atoms with Gasteiger partial charge in [0.25, 0.3) is 0 Å². The average molecular weight is 569 g/mol. The monoisotopic (exact) mass is 569 g/mol. The minimum Gasteiger partial charge on any atom is -0.372 e. The first kappa shape index (κ1) is 25.4. The van der Waals surface area contributed by atoms with Gasteiger partial charge in [0.2, 0.25) is 0 Å². The maximum atomic E-state index is 14.0. The lowest BCUT2D eigenvalue weighted by Gasteiger charge is -2.36. The van der Waals surface area contributed by atoms with E-state index >= 15 is 0 Å². The molecule has 4 rings (SSSR count). The fraction of sp³-hybridized carbons (Fsp3) is 0.522. The highest BCUT2D eigenvalue weighted by atomic mass is 127. The van der Waals surface area contributed by atoms with Crippen LogP contribution in [0.3, 0.4) is 0 Å². The van der Waals surface area contributed by atoms with Crippen molar-refractivity contribution in [2.75, 3.05) is 43.0 Å². The van der Waals surface area contributed by atoms with E-state index < -0.39 is 0 Å². The molecule has 2 aromatic heterocycles. The number of aliphatic imine (C=N–C) groups is 1. The van der Waals surface area contributed by atoms with Crippen LogP contribution in [-0.4, -0.2) is 67.4 Å². The molecule has 10 heteroatoms. The Kier molecular flexibility index (Phi) is 9.07. The van der Waals surface area contributed by atoms with E-state index in [1.54, 1.807) is 19.3 Å². The predicted octanol–water partition coefficient (Wildman–Crippen LogP) is 2.79. The third-order valence-corrected chi connectivity index (χ3v) is 5.80. The standard InChI is InChI=1S/C23H32FN7O.HI/c1-16-13-31(14-17(2)32-16)21-7-6-18(11-27-21)12-28-23(25-3)29-19-8-10-30(15-19)22-20(24)5-4-9-26-22;/h4-7,9,11,16-17,19H,8,10,12-15H2,1-3H3,(H2,25,28,29);1H. The van der Waals surface area contributed by atoms with Crippen LogP contribution >= 0.6 is 24.0 Å². The number of ether oxygens (including phenoxy) is 1. The zero-order chi connectivity index (χ0) is 22.5. The van der Waals surface area contributed by atoms with Gasteiger partial charge in [0.05, 0.1) is 12.2 Å². The lowest BCUT2D eigenvalue weighted by Crippen LogP contribution is -2.45. The predicted molar refractivity (Wildman–Crippen MR) is 140 cm³/mol. The molecule has 2 N–H and O–H groups in total. The van der Waals surface area contributed by atoms with Crippen LogP contribution in [0.2, 0.25) is 0 Å². The maximum Gasteiger partial charge on any atom is 0.191 e. The maximum absolute atomic E-state index is 14.0. The van der Waals surface area contributed by atoms with Gasteiger partial charge in [-0.05, 0) is 44.0 Å². The summed E-state index contributed by atoms with van der Waals surface area (Å²) < 4.78 is 19.8. The number of nitrogens with zero attached hydrogens (tertiary/aromatic N) is 5. The van der Waals surface area contributed by atoms with E-state index in [9.17, 15) is 4.39 Å². The number of aromatic nitrogens is 2. The van der Waals surface area contributed by atoms with Crippen molar-refractivity contribution >= 4 is 41.6 Å². The lowest BCUT2D eigenvalue weighted by atomic mass is 10.2. The van der Waals surface area contributed by atoms with Gasteiger partial charge in [-0.3, -0.25) is 4.99 Å². The first-order valence-electron chi connectivity index (χ1n) is 11.2. The molecule has 2 aromatic rings. The number of hydrogen-bond acceptors (Lipinski definition) is 6. The summed E-state index contributed by atoms with van der Waals surface area (Å²) in [6, 6.07) is 7.39. The van der Waals surface area contributed by atoms with Crippen LogP contribution < -0.4 is 20.4 Å². The van der Waals surface area contributed by atoms with Crippen molar-refractivity contribution in [3.05, 3.63) is 48.0 Å². The van der Waals surface area contributed by atoms with Crippen LogP contribution in [0.25, 0.3) is 0 Å². The Morgan fingerprint density at radius 2 is 1.94 bits per heavy atom. The smallest absolute Gasteiger partial charge is 0.191 e. The molecule has 0 spiro atoms. The number of nitrogens with one attached hydrogen (secondary N) is 2. The Hall–Kier alpha value is -2.21. The van der Waals surface area contributed by atoms with Crippen molar-refractivity contribution in [2.45, 2.75) is 45.1 Å². The number of guanidine groups is 1. The molecule has 2 saturated heterocycles. The molecule has 0 bridgehead atoms. The number of hydrogen-bond donors (Lipinski definition) is 2. The van der Waals surface area contributed by atoms with Gasteiger partial charge < -0.3 is 25.2 Å². The third kappa shape index (κ3) is 6.66. The first-order chi connectivity index (χ1) is 15.5. The van der Waals surface area contributed by atoms with Crippen molar-refractivity contribution < 1.29 is 9.13 Å². The normalized spacial score (nSPS) is 23.3. The second-order valence-electron chi connectivity index (χ2n) is 8.50. The van der Waals surface area contributed by atoms with Gasteiger partial charge >= 0.3 is 0 Å². The number of halogens is 2. The molecule has 0 aliphatic carbocycles. The van der Waals surface area contributed by atoms with E-state index in [0.717, 1.165) is 43.4 Å². The zero-order valence-electron chi connectivity index (χ0n) is 19.4. The molecule has 2 aliphatic heterocycles. The summed E-state index contributed by atoms with van der Waals surface area (Å²) in [5.74, 6) is 1.83. The quantitative estimate of drug-likeness (QED) is 0.326. The molecule has 180 valence electrons. The van der Waals surface area contributed by atoms with Crippen LogP contribution in [0.15, 0.2) is 41.7 Å². The van der Waals surface area contributed by atoms with E-state index in [1.165, 1.54) is 6.07 Å². The van der Waals surface area contributed by atoms with Crippen molar-refractivity contribution in [3.63, 3.8) is 0 Å². The second kappa shape index (κ2) is 11.8. The molecular weight excluding hydrogens is 536 g/mol. The van der Waals surface area contributed by atoms with Crippen molar-refractivity contribution in [3.8, 4) is 0 Å². The van der Waals surface area contributed by atoms with E-state index in [1.807, 2.05) is 11.1 Å². The van der Waals surface area contributed by atoms with Gasteiger partial charge in [-0.15, -0.1) is 24.0 Å². The second-order valence-corrected chi connectivity index (χ2v) is 8.50. The van der Waals surface area contributed by atoms with E-state index in [0.29, 0.717) is 18.9 Å². The summed E-state index contributed by atoms with van der Waals surface area (Å²) >= 11 is 0. The van der Waals surface area contributed by atoms with Crippen molar-refractivity contribution in [1.29, 1.82) is 0 Å². The Balaban J connectivity index is 0.00000306. The molecule has 33 heavy (non-hydrogen) atoms. The minimum absolute atomic E-state index is 0. The largest absolute Gasteiger partial charge is 0.372 e. The van der Waals surface area contributed by atoms with Gasteiger partial charge in [-0.25, -0.2) is 14.4 Å². The van der Waals surface area contributed by atoms with Crippen molar-refractivity contribution in [1.82, 2.24) is 20.6 Å². The van der Waals surface area contributed by atoms with Gasteiger partial charge in [-0.2, -0.15) is 0 Å². The first-order valence-corrected chi connectivity index (χ1v) is 11.2. The van der Waals surface area contributed by atoms with Gasteiger partial charge in [0, 0.05) is 58.2 Å². The van der Waals surface area contributed by atoms with Crippen LogP contribution in [0.1, 0.15) is 25.8 Å². The number of pyridine rings is 2. The Morgan fingerprint density at radius 1 is 1.15 bits per heavy atom. The van der Waals surface area contributed by atoms with Gasteiger partial charge in [-0.1, -0.05) is 6.07 Å². The minimum atomic E-state index is -0.285. The van der Waals surface area contributed by atoms with Crippen LogP contribution in [-0.2, 0) is 11.3 Å². The summed E-state index contributed by atoms with van der Waals surface area (Å²) in [5, 5.41) is 6.78. The SMILES string of the molecule is CN=C(NCc1ccc(N2CC(C)OC(C)C2)nc1)NC1CCN(c2ncccc2F)C1.I. The highest BCUT2D eigenvalue weighted by Gasteiger charge is 2.26. The van der Waals surface area contributed by atoms with Crippen LogP contribution in [0.5, 0.6) is 0 Å². The molecule has 0 aromatic carbocycles. The molecule has 0 amide bonds. The fourth-order valence-corrected chi connectivity index (χ4v) is 4.33. The topological polar surface area (TPSA) is 77.9 Å².